The lowest BCUT2D eigenvalue weighted by molar-refractivity contribution is 0.102. The minimum absolute atomic E-state index is 0.0121. The van der Waals surface area contributed by atoms with Crippen LogP contribution in [0.1, 0.15) is 35.0 Å². The van der Waals surface area contributed by atoms with Gasteiger partial charge in [0.25, 0.3) is 5.91 Å². The van der Waals surface area contributed by atoms with Crippen molar-refractivity contribution in [3.63, 3.8) is 0 Å². The van der Waals surface area contributed by atoms with Crippen LogP contribution in [0.5, 0.6) is 5.75 Å². The summed E-state index contributed by atoms with van der Waals surface area (Å²) in [6, 6.07) is 8.62. The zero-order valence-corrected chi connectivity index (χ0v) is 14.1. The van der Waals surface area contributed by atoms with E-state index in [0.717, 1.165) is 11.3 Å². The van der Waals surface area contributed by atoms with E-state index in [-0.39, 0.29) is 18.3 Å². The Hall–Kier alpha value is -2.63. The molecule has 1 atom stereocenters. The number of ether oxygens (including phenoxy) is 1. The highest BCUT2D eigenvalue weighted by molar-refractivity contribution is 6.08. The van der Waals surface area contributed by atoms with E-state index in [1.165, 1.54) is 0 Å². The number of alkyl halides is 1. The number of nitrogens with two attached hydrogens (primary N) is 1. The Morgan fingerprint density at radius 3 is 2.79 bits per heavy atom. The zero-order chi connectivity index (χ0) is 17.7. The molecule has 0 aliphatic heterocycles. The molecule has 1 aromatic heterocycles. The van der Waals surface area contributed by atoms with Crippen LogP contribution in [0, 0.1) is 13.8 Å². The van der Waals surface area contributed by atoms with Gasteiger partial charge in [-0.2, -0.15) is 0 Å². The van der Waals surface area contributed by atoms with Crippen molar-refractivity contribution in [2.45, 2.75) is 33.4 Å². The van der Waals surface area contributed by atoms with Crippen LogP contribution in [0.15, 0.2) is 30.3 Å². The summed E-state index contributed by atoms with van der Waals surface area (Å²) in [5.41, 5.74) is 8.27. The van der Waals surface area contributed by atoms with Gasteiger partial charge in [0, 0.05) is 17.4 Å². The Bertz CT molecular complexity index is 711. The number of carbonyl (C=O) groups excluding carboxylic acids is 1. The van der Waals surface area contributed by atoms with Crippen molar-refractivity contribution in [1.82, 2.24) is 4.98 Å². The van der Waals surface area contributed by atoms with Crippen LogP contribution in [-0.4, -0.2) is 23.7 Å². The predicted octanol–water partition coefficient (Wildman–Crippen LogP) is 3.66. The number of benzene rings is 1. The number of aryl methyl sites for hydroxylation is 2. The average molecular weight is 331 g/mol. The van der Waals surface area contributed by atoms with Gasteiger partial charge in [0.1, 0.15) is 24.3 Å². The number of pyridine rings is 1. The fourth-order valence-electron chi connectivity index (χ4n) is 2.32. The largest absolute Gasteiger partial charge is 0.490 e. The number of nitrogens with one attached hydrogen (secondary N) is 1. The van der Waals surface area contributed by atoms with Gasteiger partial charge in [-0.05, 0) is 44.0 Å². The third-order valence-corrected chi connectivity index (χ3v) is 3.57. The molecule has 2 rings (SSSR count). The standard InChI is InChI=1S/C18H22FN3O2/c1-4-13(19)10-24-15-7-5-6-14(9-15)22-18(23)16-11(2)8-12(3)21-17(16)20/h5-9,13H,4,10H2,1-3H3,(H2,20,21)(H,22,23). The molecule has 128 valence electrons. The second-order valence-corrected chi connectivity index (χ2v) is 5.64. The van der Waals surface area contributed by atoms with Gasteiger partial charge in [0.05, 0.1) is 5.56 Å². The number of nitrogen functional groups attached to an aromatic ring is 1. The first kappa shape index (κ1) is 17.7. The number of amides is 1. The zero-order valence-electron chi connectivity index (χ0n) is 14.1. The molecular weight excluding hydrogens is 309 g/mol. The van der Waals surface area contributed by atoms with Crippen molar-refractivity contribution in [1.29, 1.82) is 0 Å². The Morgan fingerprint density at radius 1 is 1.38 bits per heavy atom. The predicted molar refractivity (Wildman–Crippen MR) is 93.2 cm³/mol. The number of nitrogens with zero attached hydrogens (tertiary/aromatic N) is 1. The topological polar surface area (TPSA) is 77.2 Å². The fourth-order valence-corrected chi connectivity index (χ4v) is 2.32. The molecule has 5 nitrogen and oxygen atoms in total. The van der Waals surface area contributed by atoms with Crippen molar-refractivity contribution in [3.05, 3.63) is 47.2 Å². The van der Waals surface area contributed by atoms with E-state index in [2.05, 4.69) is 10.3 Å². The van der Waals surface area contributed by atoms with Crippen molar-refractivity contribution >= 4 is 17.4 Å². The lowest BCUT2D eigenvalue weighted by Gasteiger charge is -2.12. The Balaban J connectivity index is 2.12. The molecule has 3 N–H and O–H groups in total. The van der Waals surface area contributed by atoms with E-state index < -0.39 is 6.17 Å². The summed E-state index contributed by atoms with van der Waals surface area (Å²) in [7, 11) is 0. The maximum absolute atomic E-state index is 13.3. The molecule has 24 heavy (non-hydrogen) atoms. The van der Waals surface area contributed by atoms with Gasteiger partial charge in [-0.15, -0.1) is 0 Å². The number of halogens is 1. The molecule has 0 aliphatic carbocycles. The van der Waals surface area contributed by atoms with E-state index in [1.54, 1.807) is 37.3 Å². The van der Waals surface area contributed by atoms with Crippen LogP contribution in [0.3, 0.4) is 0 Å². The second kappa shape index (κ2) is 7.77. The first-order valence-corrected chi connectivity index (χ1v) is 7.82. The molecule has 6 heteroatoms. The molecule has 0 saturated heterocycles. The van der Waals surface area contributed by atoms with Gasteiger partial charge in [0.15, 0.2) is 0 Å². The summed E-state index contributed by atoms with van der Waals surface area (Å²) in [6.45, 7) is 5.38. The maximum Gasteiger partial charge on any atom is 0.259 e. The SMILES string of the molecule is CCC(F)COc1cccc(NC(=O)c2c(C)cc(C)nc2N)c1. The summed E-state index contributed by atoms with van der Waals surface area (Å²) in [6.07, 6.45) is -0.612. The number of anilines is 2. The van der Waals surface area contributed by atoms with Gasteiger partial charge in [0.2, 0.25) is 0 Å². The lowest BCUT2D eigenvalue weighted by atomic mass is 10.1. The molecule has 0 spiro atoms. The minimum atomic E-state index is -1.01. The van der Waals surface area contributed by atoms with Gasteiger partial charge in [-0.25, -0.2) is 9.37 Å². The van der Waals surface area contributed by atoms with Crippen LogP contribution >= 0.6 is 0 Å². The third kappa shape index (κ3) is 4.44. The summed E-state index contributed by atoms with van der Waals surface area (Å²) in [5, 5.41) is 2.77. The molecule has 0 radical (unpaired) electrons. The maximum atomic E-state index is 13.3. The summed E-state index contributed by atoms with van der Waals surface area (Å²) in [4.78, 5) is 16.6. The number of aromatic nitrogens is 1. The summed E-state index contributed by atoms with van der Waals surface area (Å²) < 4.78 is 18.6. The van der Waals surface area contributed by atoms with Crippen molar-refractivity contribution < 1.29 is 13.9 Å². The monoisotopic (exact) mass is 331 g/mol. The van der Waals surface area contributed by atoms with Crippen LogP contribution in [0.2, 0.25) is 0 Å². The molecule has 1 amide bonds. The number of hydrogen-bond donors (Lipinski definition) is 2. The molecular formula is C18H22FN3O2. The molecule has 0 bridgehead atoms. The highest BCUT2D eigenvalue weighted by Gasteiger charge is 2.15. The Morgan fingerprint density at radius 2 is 2.12 bits per heavy atom. The van der Waals surface area contributed by atoms with Crippen LogP contribution in [0.4, 0.5) is 15.9 Å². The molecule has 2 aromatic rings. The second-order valence-electron chi connectivity index (χ2n) is 5.64. The minimum Gasteiger partial charge on any atom is -0.490 e. The van der Waals surface area contributed by atoms with Gasteiger partial charge in [-0.1, -0.05) is 13.0 Å². The van der Waals surface area contributed by atoms with E-state index in [4.69, 9.17) is 10.5 Å². The normalized spacial score (nSPS) is 11.8. The van der Waals surface area contributed by atoms with Gasteiger partial charge >= 0.3 is 0 Å². The van der Waals surface area contributed by atoms with E-state index in [9.17, 15) is 9.18 Å². The van der Waals surface area contributed by atoms with E-state index >= 15 is 0 Å². The molecule has 0 aliphatic rings. The van der Waals surface area contributed by atoms with Crippen LogP contribution in [-0.2, 0) is 0 Å². The van der Waals surface area contributed by atoms with Crippen molar-refractivity contribution in [2.75, 3.05) is 17.7 Å². The first-order chi connectivity index (χ1) is 11.4. The van der Waals surface area contributed by atoms with Gasteiger partial charge in [-0.3, -0.25) is 4.79 Å². The third-order valence-electron chi connectivity index (χ3n) is 3.57. The highest BCUT2D eigenvalue weighted by atomic mass is 19.1. The fraction of sp³-hybridized carbons (Fsp3) is 0.333. The molecule has 1 unspecified atom stereocenters. The van der Waals surface area contributed by atoms with Crippen LogP contribution < -0.4 is 15.8 Å². The lowest BCUT2D eigenvalue weighted by Crippen LogP contribution is -2.17. The molecule has 1 heterocycles. The highest BCUT2D eigenvalue weighted by Crippen LogP contribution is 2.21. The number of hydrogen-bond acceptors (Lipinski definition) is 4. The Labute approximate surface area is 141 Å². The van der Waals surface area contributed by atoms with E-state index in [1.807, 2.05) is 13.8 Å². The molecule has 0 fully saturated rings. The van der Waals surface area contributed by atoms with Crippen molar-refractivity contribution in [2.24, 2.45) is 0 Å². The molecule has 0 saturated carbocycles. The van der Waals surface area contributed by atoms with Gasteiger partial charge < -0.3 is 15.8 Å². The average Bonchev–Trinajstić information content (AvgIpc) is 2.51. The summed E-state index contributed by atoms with van der Waals surface area (Å²) in [5.74, 6) is 0.350. The number of rotatable bonds is 6. The first-order valence-electron chi connectivity index (χ1n) is 7.82. The van der Waals surface area contributed by atoms with Crippen molar-refractivity contribution in [3.8, 4) is 5.75 Å². The number of carbonyl (C=O) groups is 1. The Kier molecular flexibility index (Phi) is 5.73. The molecule has 1 aromatic carbocycles. The van der Waals surface area contributed by atoms with E-state index in [0.29, 0.717) is 23.4 Å². The summed E-state index contributed by atoms with van der Waals surface area (Å²) >= 11 is 0. The quantitative estimate of drug-likeness (QED) is 0.847. The smallest absolute Gasteiger partial charge is 0.259 e. The van der Waals surface area contributed by atoms with Crippen LogP contribution in [0.25, 0.3) is 0 Å².